The number of primary amides is 1. The van der Waals surface area contributed by atoms with Crippen molar-refractivity contribution in [2.75, 3.05) is 6.61 Å². The van der Waals surface area contributed by atoms with E-state index < -0.39 is 0 Å². The third-order valence-electron chi connectivity index (χ3n) is 2.10. The molecule has 4 N–H and O–H groups in total. The van der Waals surface area contributed by atoms with Gasteiger partial charge in [0, 0.05) is 6.04 Å². The molecule has 0 heterocycles. The average Bonchev–Trinajstić information content (AvgIpc) is 2.19. The van der Waals surface area contributed by atoms with Gasteiger partial charge in [0.2, 0.25) is 5.91 Å². The zero-order chi connectivity index (χ0) is 12.0. The predicted molar refractivity (Wildman–Crippen MR) is 63.1 cm³/mol. The minimum atomic E-state index is -0.353. The summed E-state index contributed by atoms with van der Waals surface area (Å²) in [5, 5.41) is 0. The monoisotopic (exact) mass is 222 g/mol. The Morgan fingerprint density at radius 3 is 2.50 bits per heavy atom. The third-order valence-corrected chi connectivity index (χ3v) is 2.10. The Bertz CT molecular complexity index is 333. The van der Waals surface area contributed by atoms with Crippen LogP contribution in [-0.2, 0) is 11.2 Å². The van der Waals surface area contributed by atoms with Crippen LogP contribution in [0.4, 0.5) is 0 Å². The summed E-state index contributed by atoms with van der Waals surface area (Å²) in [6, 6.07) is 7.85. The molecule has 0 aliphatic carbocycles. The maximum absolute atomic E-state index is 10.5. The second kappa shape index (κ2) is 6.12. The van der Waals surface area contributed by atoms with Crippen LogP contribution in [0.15, 0.2) is 24.3 Å². The van der Waals surface area contributed by atoms with Gasteiger partial charge in [0.15, 0.2) is 0 Å². The summed E-state index contributed by atoms with van der Waals surface area (Å²) in [7, 11) is 0. The summed E-state index contributed by atoms with van der Waals surface area (Å²) in [6.45, 7) is 2.29. The van der Waals surface area contributed by atoms with E-state index in [1.165, 1.54) is 5.56 Å². The summed E-state index contributed by atoms with van der Waals surface area (Å²) in [5.74, 6) is 0.392. The number of nitrogens with two attached hydrogens (primary N) is 2. The Kier molecular flexibility index (Phi) is 4.79. The molecule has 0 saturated carbocycles. The first kappa shape index (κ1) is 12.5. The van der Waals surface area contributed by atoms with Gasteiger partial charge in [-0.1, -0.05) is 12.1 Å². The number of amides is 1. The fraction of sp³-hybridized carbons (Fsp3) is 0.417. The van der Waals surface area contributed by atoms with Crippen LogP contribution < -0.4 is 16.2 Å². The molecule has 16 heavy (non-hydrogen) atoms. The molecule has 0 saturated heterocycles. The number of hydrogen-bond donors (Lipinski definition) is 2. The van der Waals surface area contributed by atoms with E-state index in [4.69, 9.17) is 16.2 Å². The molecule has 1 atom stereocenters. The molecule has 0 fully saturated rings. The molecule has 0 bridgehead atoms. The minimum absolute atomic E-state index is 0.154. The van der Waals surface area contributed by atoms with Crippen molar-refractivity contribution >= 4 is 5.91 Å². The van der Waals surface area contributed by atoms with Gasteiger partial charge >= 0.3 is 0 Å². The molecular weight excluding hydrogens is 204 g/mol. The lowest BCUT2D eigenvalue weighted by atomic mass is 10.1. The zero-order valence-corrected chi connectivity index (χ0v) is 9.48. The number of benzene rings is 1. The highest BCUT2D eigenvalue weighted by Crippen LogP contribution is 2.13. The maximum Gasteiger partial charge on any atom is 0.220 e. The van der Waals surface area contributed by atoms with E-state index in [0.717, 1.165) is 12.2 Å². The second-order valence-corrected chi connectivity index (χ2v) is 3.89. The molecular formula is C12H18N2O2. The largest absolute Gasteiger partial charge is 0.493 e. The van der Waals surface area contributed by atoms with Crippen LogP contribution in [0.1, 0.15) is 18.9 Å². The van der Waals surface area contributed by atoms with Crippen molar-refractivity contribution in [3.8, 4) is 5.75 Å². The number of hydrogen-bond acceptors (Lipinski definition) is 3. The molecule has 4 heteroatoms. The zero-order valence-electron chi connectivity index (χ0n) is 9.48. The molecule has 1 unspecified atom stereocenters. The first-order chi connectivity index (χ1) is 7.58. The highest BCUT2D eigenvalue weighted by molar-refractivity contribution is 5.73. The molecule has 1 rings (SSSR count). The van der Waals surface area contributed by atoms with Gasteiger partial charge in [0.25, 0.3) is 0 Å². The summed E-state index contributed by atoms with van der Waals surface area (Å²) >= 11 is 0. The second-order valence-electron chi connectivity index (χ2n) is 3.89. The molecule has 0 aromatic heterocycles. The molecule has 4 nitrogen and oxygen atoms in total. The summed E-state index contributed by atoms with van der Waals surface area (Å²) in [5.41, 5.74) is 11.9. The number of carbonyl (C=O) groups is 1. The Balaban J connectivity index is 2.42. The van der Waals surface area contributed by atoms with Crippen molar-refractivity contribution < 1.29 is 9.53 Å². The molecule has 1 aromatic carbocycles. The SMILES string of the molecule is CC(N)Cc1ccc(OCCC(N)=O)cc1. The van der Waals surface area contributed by atoms with E-state index >= 15 is 0 Å². The quantitative estimate of drug-likeness (QED) is 0.748. The van der Waals surface area contributed by atoms with Crippen LogP contribution in [0.2, 0.25) is 0 Å². The topological polar surface area (TPSA) is 78.3 Å². The van der Waals surface area contributed by atoms with E-state index in [1.807, 2.05) is 31.2 Å². The molecule has 0 spiro atoms. The van der Waals surface area contributed by atoms with E-state index in [-0.39, 0.29) is 18.4 Å². The van der Waals surface area contributed by atoms with E-state index in [2.05, 4.69) is 0 Å². The van der Waals surface area contributed by atoms with Crippen molar-refractivity contribution in [1.82, 2.24) is 0 Å². The van der Waals surface area contributed by atoms with Gasteiger partial charge in [-0.2, -0.15) is 0 Å². The van der Waals surface area contributed by atoms with E-state index in [0.29, 0.717) is 6.61 Å². The van der Waals surface area contributed by atoms with Crippen LogP contribution in [0.5, 0.6) is 5.75 Å². The fourth-order valence-corrected chi connectivity index (χ4v) is 1.36. The summed E-state index contributed by atoms with van der Waals surface area (Å²) in [6.07, 6.45) is 1.09. The van der Waals surface area contributed by atoms with Crippen LogP contribution in [0.3, 0.4) is 0 Å². The van der Waals surface area contributed by atoms with Gasteiger partial charge in [0.1, 0.15) is 5.75 Å². The first-order valence-corrected chi connectivity index (χ1v) is 5.33. The minimum Gasteiger partial charge on any atom is -0.493 e. The van der Waals surface area contributed by atoms with Crippen molar-refractivity contribution in [1.29, 1.82) is 0 Å². The normalized spacial score (nSPS) is 12.1. The number of carbonyl (C=O) groups excluding carboxylic acids is 1. The van der Waals surface area contributed by atoms with Crippen LogP contribution in [-0.4, -0.2) is 18.6 Å². The van der Waals surface area contributed by atoms with Crippen LogP contribution >= 0.6 is 0 Å². The molecule has 0 aliphatic heterocycles. The Morgan fingerprint density at radius 1 is 1.38 bits per heavy atom. The predicted octanol–water partition coefficient (Wildman–Crippen LogP) is 0.830. The standard InChI is InChI=1S/C12H18N2O2/c1-9(13)8-10-2-4-11(5-3-10)16-7-6-12(14)15/h2-5,9H,6-8,13H2,1H3,(H2,14,15). The van der Waals surface area contributed by atoms with E-state index in [9.17, 15) is 4.79 Å². The highest BCUT2D eigenvalue weighted by atomic mass is 16.5. The van der Waals surface area contributed by atoms with Gasteiger partial charge in [-0.3, -0.25) is 4.79 Å². The lowest BCUT2D eigenvalue weighted by Crippen LogP contribution is -2.17. The van der Waals surface area contributed by atoms with Gasteiger partial charge in [-0.15, -0.1) is 0 Å². The third kappa shape index (κ3) is 4.79. The Labute approximate surface area is 95.6 Å². The summed E-state index contributed by atoms with van der Waals surface area (Å²) in [4.78, 5) is 10.5. The first-order valence-electron chi connectivity index (χ1n) is 5.33. The van der Waals surface area contributed by atoms with Crippen molar-refractivity contribution in [2.45, 2.75) is 25.8 Å². The molecule has 0 radical (unpaired) electrons. The molecule has 0 aliphatic rings. The highest BCUT2D eigenvalue weighted by Gasteiger charge is 1.99. The van der Waals surface area contributed by atoms with Crippen molar-refractivity contribution in [3.63, 3.8) is 0 Å². The van der Waals surface area contributed by atoms with Gasteiger partial charge in [-0.25, -0.2) is 0 Å². The average molecular weight is 222 g/mol. The van der Waals surface area contributed by atoms with Crippen LogP contribution in [0, 0.1) is 0 Å². The van der Waals surface area contributed by atoms with Gasteiger partial charge in [0.05, 0.1) is 13.0 Å². The lowest BCUT2D eigenvalue weighted by Gasteiger charge is -2.07. The molecule has 1 amide bonds. The Hall–Kier alpha value is -1.55. The Morgan fingerprint density at radius 2 is 2.00 bits per heavy atom. The summed E-state index contributed by atoms with van der Waals surface area (Å²) < 4.78 is 5.34. The molecule has 88 valence electrons. The lowest BCUT2D eigenvalue weighted by molar-refractivity contribution is -0.118. The number of rotatable bonds is 6. The van der Waals surface area contributed by atoms with Crippen molar-refractivity contribution in [2.24, 2.45) is 11.5 Å². The van der Waals surface area contributed by atoms with Crippen molar-refractivity contribution in [3.05, 3.63) is 29.8 Å². The smallest absolute Gasteiger partial charge is 0.220 e. The molecule has 1 aromatic rings. The van der Waals surface area contributed by atoms with E-state index in [1.54, 1.807) is 0 Å². The maximum atomic E-state index is 10.5. The fourth-order valence-electron chi connectivity index (χ4n) is 1.36. The van der Waals surface area contributed by atoms with Crippen LogP contribution in [0.25, 0.3) is 0 Å². The van der Waals surface area contributed by atoms with Gasteiger partial charge < -0.3 is 16.2 Å². The number of ether oxygens (including phenoxy) is 1. The van der Waals surface area contributed by atoms with Gasteiger partial charge in [-0.05, 0) is 31.0 Å².